The summed E-state index contributed by atoms with van der Waals surface area (Å²) in [7, 11) is 0. The molecular weight excluding hydrogens is 280 g/mol. The largest absolute Gasteiger partial charge is 0.482 e. The first kappa shape index (κ1) is 14.4. The normalized spacial score (nSPS) is 16.8. The first-order valence-electron chi connectivity index (χ1n) is 7.18. The lowest BCUT2D eigenvalue weighted by Gasteiger charge is -2.35. The summed E-state index contributed by atoms with van der Waals surface area (Å²) >= 11 is 0. The predicted octanol–water partition coefficient (Wildman–Crippen LogP) is 2.17. The van der Waals surface area contributed by atoms with Gasteiger partial charge >= 0.3 is 5.97 Å². The van der Waals surface area contributed by atoms with Crippen molar-refractivity contribution < 1.29 is 14.6 Å². The third-order valence-corrected chi connectivity index (χ3v) is 3.75. The second-order valence-corrected chi connectivity index (χ2v) is 5.30. The molecule has 114 valence electrons. The van der Waals surface area contributed by atoms with E-state index in [4.69, 9.17) is 15.6 Å². The zero-order chi connectivity index (χ0) is 15.5. The van der Waals surface area contributed by atoms with Crippen molar-refractivity contribution in [1.82, 2.24) is 0 Å². The Hall–Kier alpha value is -2.53. The van der Waals surface area contributed by atoms with E-state index in [2.05, 4.69) is 0 Å². The van der Waals surface area contributed by atoms with Crippen molar-refractivity contribution in [2.75, 3.05) is 18.0 Å². The van der Waals surface area contributed by atoms with E-state index in [0.29, 0.717) is 18.8 Å². The molecule has 0 bridgehead atoms. The lowest BCUT2D eigenvalue weighted by atomic mass is 10.1. The van der Waals surface area contributed by atoms with E-state index < -0.39 is 5.97 Å². The minimum atomic E-state index is -0.859. The van der Waals surface area contributed by atoms with E-state index >= 15 is 0 Å². The van der Waals surface area contributed by atoms with E-state index in [1.807, 2.05) is 53.4 Å². The first-order chi connectivity index (χ1) is 10.7. The third-order valence-electron chi connectivity index (χ3n) is 3.75. The summed E-state index contributed by atoms with van der Waals surface area (Å²) in [5.74, 6) is -0.174. The van der Waals surface area contributed by atoms with Gasteiger partial charge in [-0.3, -0.25) is 4.79 Å². The number of benzene rings is 2. The Morgan fingerprint density at radius 2 is 2.05 bits per heavy atom. The number of nitrogens with zero attached hydrogens (tertiary/aromatic N) is 1. The van der Waals surface area contributed by atoms with Gasteiger partial charge in [0.05, 0.1) is 12.2 Å². The molecule has 5 nitrogen and oxygen atoms in total. The molecule has 0 radical (unpaired) electrons. The fourth-order valence-electron chi connectivity index (χ4n) is 2.68. The van der Waals surface area contributed by atoms with Crippen LogP contribution in [0.4, 0.5) is 5.69 Å². The highest BCUT2D eigenvalue weighted by Crippen LogP contribution is 2.38. The molecule has 3 rings (SSSR count). The molecule has 5 heteroatoms. The molecule has 0 fully saturated rings. The molecule has 3 N–H and O–H groups in total. The van der Waals surface area contributed by atoms with Crippen LogP contribution < -0.4 is 15.4 Å². The molecule has 0 saturated heterocycles. The van der Waals surface area contributed by atoms with Gasteiger partial charge in [0.1, 0.15) is 18.4 Å². The van der Waals surface area contributed by atoms with Gasteiger partial charge in [-0.25, -0.2) is 0 Å². The number of fused-ring (bicyclic) bond motifs is 1. The summed E-state index contributed by atoms with van der Waals surface area (Å²) in [6, 6.07) is 15.5. The molecule has 2 aromatic rings. The zero-order valence-electron chi connectivity index (χ0n) is 12.1. The fraction of sp³-hybridized carbons (Fsp3) is 0.235. The molecule has 1 aliphatic rings. The van der Waals surface area contributed by atoms with Gasteiger partial charge in [-0.15, -0.1) is 0 Å². The SMILES string of the molecule is NCc1ccc2c(c1)OC(c1ccccc1)CN2CC(=O)O. The average molecular weight is 298 g/mol. The molecule has 1 unspecified atom stereocenters. The monoisotopic (exact) mass is 298 g/mol. The van der Waals surface area contributed by atoms with Crippen LogP contribution >= 0.6 is 0 Å². The molecule has 1 atom stereocenters. The molecule has 1 aliphatic heterocycles. The van der Waals surface area contributed by atoms with Gasteiger partial charge in [0.15, 0.2) is 0 Å². The number of carbonyl (C=O) groups is 1. The van der Waals surface area contributed by atoms with Gasteiger partial charge < -0.3 is 20.5 Å². The molecule has 1 heterocycles. The standard InChI is InChI=1S/C17H18N2O3/c18-9-12-6-7-14-15(8-12)22-16(10-19(14)11-17(20)21)13-4-2-1-3-5-13/h1-8,16H,9-11,18H2,(H,20,21). The van der Waals surface area contributed by atoms with Crippen LogP contribution in [0, 0.1) is 0 Å². The summed E-state index contributed by atoms with van der Waals surface area (Å²) in [4.78, 5) is 13.0. The van der Waals surface area contributed by atoms with E-state index in [-0.39, 0.29) is 12.6 Å². The van der Waals surface area contributed by atoms with E-state index in [1.165, 1.54) is 0 Å². The Bertz CT molecular complexity index is 673. The van der Waals surface area contributed by atoms with Crippen molar-refractivity contribution >= 4 is 11.7 Å². The van der Waals surface area contributed by atoms with Gasteiger partial charge in [0.25, 0.3) is 0 Å². The Morgan fingerprint density at radius 1 is 1.27 bits per heavy atom. The van der Waals surface area contributed by atoms with Crippen molar-refractivity contribution in [2.45, 2.75) is 12.6 Å². The molecule has 0 aliphatic carbocycles. The number of carboxylic acid groups (broad SMARTS) is 1. The number of nitrogens with two attached hydrogens (primary N) is 1. The van der Waals surface area contributed by atoms with Crippen LogP contribution in [0.1, 0.15) is 17.2 Å². The van der Waals surface area contributed by atoms with Crippen LogP contribution in [0.3, 0.4) is 0 Å². The lowest BCUT2D eigenvalue weighted by Crippen LogP contribution is -2.38. The Balaban J connectivity index is 1.97. The van der Waals surface area contributed by atoms with E-state index in [0.717, 1.165) is 16.8 Å². The lowest BCUT2D eigenvalue weighted by molar-refractivity contribution is -0.135. The summed E-state index contributed by atoms with van der Waals surface area (Å²) in [6.45, 7) is 0.874. The number of hydrogen-bond donors (Lipinski definition) is 2. The van der Waals surface area contributed by atoms with Crippen LogP contribution in [0.25, 0.3) is 0 Å². The van der Waals surface area contributed by atoms with Gasteiger partial charge in [-0.05, 0) is 23.3 Å². The highest BCUT2D eigenvalue weighted by molar-refractivity contribution is 5.76. The van der Waals surface area contributed by atoms with Gasteiger partial charge in [0.2, 0.25) is 0 Å². The topological polar surface area (TPSA) is 75.8 Å². The van der Waals surface area contributed by atoms with Crippen LogP contribution in [0.5, 0.6) is 5.75 Å². The van der Waals surface area contributed by atoms with Crippen molar-refractivity contribution in [2.24, 2.45) is 5.73 Å². The minimum Gasteiger partial charge on any atom is -0.482 e. The number of rotatable bonds is 4. The maximum Gasteiger partial charge on any atom is 0.323 e. The Labute approximate surface area is 128 Å². The van der Waals surface area contributed by atoms with E-state index in [1.54, 1.807) is 0 Å². The first-order valence-corrected chi connectivity index (χ1v) is 7.18. The molecule has 0 spiro atoms. The Kier molecular flexibility index (Phi) is 3.98. The number of carboxylic acids is 1. The molecule has 0 saturated carbocycles. The second kappa shape index (κ2) is 6.07. The smallest absolute Gasteiger partial charge is 0.323 e. The maximum absolute atomic E-state index is 11.1. The maximum atomic E-state index is 11.1. The van der Waals surface area contributed by atoms with Crippen molar-refractivity contribution in [3.63, 3.8) is 0 Å². The van der Waals surface area contributed by atoms with Crippen LogP contribution in [0.15, 0.2) is 48.5 Å². The molecule has 0 aromatic heterocycles. The Morgan fingerprint density at radius 3 is 2.73 bits per heavy atom. The summed E-state index contributed by atoms with van der Waals surface area (Å²) < 4.78 is 6.08. The number of hydrogen-bond acceptors (Lipinski definition) is 4. The quantitative estimate of drug-likeness (QED) is 0.904. The van der Waals surface area contributed by atoms with Crippen LogP contribution in [0.2, 0.25) is 0 Å². The second-order valence-electron chi connectivity index (χ2n) is 5.30. The third kappa shape index (κ3) is 2.89. The summed E-state index contributed by atoms with van der Waals surface area (Å²) in [6.07, 6.45) is -0.193. The van der Waals surface area contributed by atoms with Crippen molar-refractivity contribution in [3.05, 3.63) is 59.7 Å². The van der Waals surface area contributed by atoms with Crippen LogP contribution in [-0.4, -0.2) is 24.2 Å². The number of anilines is 1. The number of ether oxygens (including phenoxy) is 1. The van der Waals surface area contributed by atoms with Crippen molar-refractivity contribution in [3.8, 4) is 5.75 Å². The summed E-state index contributed by atoms with van der Waals surface area (Å²) in [5, 5.41) is 9.15. The zero-order valence-corrected chi connectivity index (χ0v) is 12.1. The van der Waals surface area contributed by atoms with E-state index in [9.17, 15) is 4.79 Å². The molecular formula is C17H18N2O3. The van der Waals surface area contributed by atoms with Gasteiger partial charge in [-0.1, -0.05) is 36.4 Å². The van der Waals surface area contributed by atoms with Gasteiger partial charge in [0, 0.05) is 6.54 Å². The van der Waals surface area contributed by atoms with Crippen LogP contribution in [-0.2, 0) is 11.3 Å². The average Bonchev–Trinajstić information content (AvgIpc) is 2.54. The van der Waals surface area contributed by atoms with Gasteiger partial charge in [-0.2, -0.15) is 0 Å². The summed E-state index contributed by atoms with van der Waals surface area (Å²) in [5.41, 5.74) is 8.47. The molecule has 2 aromatic carbocycles. The minimum absolute atomic E-state index is 0.0539. The number of aliphatic carboxylic acids is 1. The molecule has 22 heavy (non-hydrogen) atoms. The molecule has 0 amide bonds. The highest BCUT2D eigenvalue weighted by Gasteiger charge is 2.28. The predicted molar refractivity (Wildman–Crippen MR) is 84.0 cm³/mol. The van der Waals surface area contributed by atoms with Crippen molar-refractivity contribution in [1.29, 1.82) is 0 Å². The highest BCUT2D eigenvalue weighted by atomic mass is 16.5. The fourth-order valence-corrected chi connectivity index (χ4v) is 2.68.